The second-order valence-electron chi connectivity index (χ2n) is 7.32. The van der Waals surface area contributed by atoms with E-state index in [-0.39, 0.29) is 11.8 Å². The lowest BCUT2D eigenvalue weighted by Gasteiger charge is -2.29. The van der Waals surface area contributed by atoms with Crippen LogP contribution in [0.1, 0.15) is 37.0 Å². The molecule has 0 aromatic heterocycles. The van der Waals surface area contributed by atoms with E-state index in [0.29, 0.717) is 18.8 Å². The Balaban J connectivity index is 2.03. The van der Waals surface area contributed by atoms with Crippen LogP contribution in [0.5, 0.6) is 5.75 Å². The van der Waals surface area contributed by atoms with E-state index in [1.165, 1.54) is 0 Å². The monoisotopic (exact) mass is 428 g/mol. The van der Waals surface area contributed by atoms with Gasteiger partial charge in [0.1, 0.15) is 11.8 Å². The smallest absolute Gasteiger partial charge is 0.242 e. The maximum Gasteiger partial charge on any atom is 0.242 e. The maximum absolute atomic E-state index is 13.0. The average molecular weight is 429 g/mol. The van der Waals surface area contributed by atoms with E-state index in [2.05, 4.69) is 11.4 Å². The van der Waals surface area contributed by atoms with Gasteiger partial charge >= 0.3 is 0 Å². The second-order valence-corrected chi connectivity index (χ2v) is 8.30. The number of rotatable bonds is 11. The Bertz CT molecular complexity index is 823. The molecule has 0 radical (unpaired) electrons. The van der Waals surface area contributed by atoms with Crippen molar-refractivity contribution < 1.29 is 14.3 Å². The van der Waals surface area contributed by atoms with Crippen molar-refractivity contribution in [1.82, 2.24) is 10.2 Å². The van der Waals surface area contributed by atoms with Crippen LogP contribution in [-0.2, 0) is 21.9 Å². The van der Waals surface area contributed by atoms with Crippen LogP contribution < -0.4 is 10.1 Å². The first-order valence-electron chi connectivity index (χ1n) is 10.3. The van der Waals surface area contributed by atoms with Gasteiger partial charge in [-0.1, -0.05) is 48.9 Å². The summed E-state index contributed by atoms with van der Waals surface area (Å²) in [5.41, 5.74) is 3.29. The lowest BCUT2D eigenvalue weighted by molar-refractivity contribution is -0.138. The minimum absolute atomic E-state index is 0.0332. The number of aryl methyl sites for hydroxylation is 1. The molecule has 0 heterocycles. The average Bonchev–Trinajstić information content (AvgIpc) is 2.75. The number of carbonyl (C=O) groups is 2. The number of thioether (sulfide) groups is 1. The Morgan fingerprint density at radius 2 is 1.87 bits per heavy atom. The molecule has 2 amide bonds. The summed E-state index contributed by atoms with van der Waals surface area (Å²) >= 11 is 1.55. The highest BCUT2D eigenvalue weighted by molar-refractivity contribution is 7.99. The Kier molecular flexibility index (Phi) is 9.74. The third-order valence-corrected chi connectivity index (χ3v) is 5.79. The van der Waals surface area contributed by atoms with E-state index in [9.17, 15) is 9.59 Å². The van der Waals surface area contributed by atoms with Crippen LogP contribution in [0.15, 0.2) is 48.5 Å². The molecule has 6 heteroatoms. The number of nitrogens with one attached hydrogen (secondary N) is 1. The number of amides is 2. The fourth-order valence-electron chi connectivity index (χ4n) is 3.05. The number of nitrogens with zero attached hydrogens (tertiary/aromatic N) is 1. The Hall–Kier alpha value is -2.47. The van der Waals surface area contributed by atoms with Crippen molar-refractivity contribution in [2.45, 2.75) is 45.5 Å². The Labute approximate surface area is 184 Å². The van der Waals surface area contributed by atoms with Crippen LogP contribution in [0, 0.1) is 6.92 Å². The van der Waals surface area contributed by atoms with Gasteiger partial charge in [0.05, 0.1) is 12.9 Å². The lowest BCUT2D eigenvalue weighted by Crippen LogP contribution is -2.48. The van der Waals surface area contributed by atoms with Crippen molar-refractivity contribution in [2.24, 2.45) is 0 Å². The predicted octanol–water partition coefficient (Wildman–Crippen LogP) is 4.18. The zero-order valence-electron chi connectivity index (χ0n) is 18.3. The van der Waals surface area contributed by atoms with E-state index < -0.39 is 6.04 Å². The third-order valence-electron chi connectivity index (χ3n) is 4.81. The molecule has 0 spiro atoms. The number of benzene rings is 2. The van der Waals surface area contributed by atoms with Crippen molar-refractivity contribution in [3.05, 3.63) is 65.2 Å². The van der Waals surface area contributed by atoms with Crippen molar-refractivity contribution in [1.29, 1.82) is 0 Å². The van der Waals surface area contributed by atoms with Gasteiger partial charge in [0, 0.05) is 18.8 Å². The molecule has 1 atom stereocenters. The molecule has 0 saturated carbocycles. The lowest BCUT2D eigenvalue weighted by atomic mass is 10.1. The molecule has 5 nitrogen and oxygen atoms in total. The fourth-order valence-corrected chi connectivity index (χ4v) is 3.92. The maximum atomic E-state index is 13.0. The first kappa shape index (κ1) is 23.8. The molecule has 0 unspecified atom stereocenters. The molecule has 2 rings (SSSR count). The molecule has 0 bridgehead atoms. The van der Waals surface area contributed by atoms with Gasteiger partial charge in [-0.25, -0.2) is 0 Å². The summed E-state index contributed by atoms with van der Waals surface area (Å²) in [7, 11) is 1.64. The van der Waals surface area contributed by atoms with E-state index in [1.807, 2.05) is 56.3 Å². The molecule has 0 aliphatic carbocycles. The molecule has 162 valence electrons. The van der Waals surface area contributed by atoms with E-state index in [4.69, 9.17) is 4.74 Å². The van der Waals surface area contributed by atoms with Crippen molar-refractivity contribution in [3.8, 4) is 5.75 Å². The van der Waals surface area contributed by atoms with Crippen LogP contribution in [0.3, 0.4) is 0 Å². The molecule has 0 saturated heterocycles. The second kappa shape index (κ2) is 12.3. The summed E-state index contributed by atoms with van der Waals surface area (Å²) in [5.74, 6) is 1.72. The van der Waals surface area contributed by atoms with Crippen LogP contribution >= 0.6 is 11.8 Å². The van der Waals surface area contributed by atoms with Crippen molar-refractivity contribution in [2.75, 3.05) is 19.4 Å². The topological polar surface area (TPSA) is 58.6 Å². The molecular weight excluding hydrogens is 396 g/mol. The summed E-state index contributed by atoms with van der Waals surface area (Å²) in [4.78, 5) is 27.3. The van der Waals surface area contributed by atoms with Crippen LogP contribution in [0.25, 0.3) is 0 Å². The third kappa shape index (κ3) is 7.41. The van der Waals surface area contributed by atoms with Gasteiger partial charge in [-0.3, -0.25) is 9.59 Å². The summed E-state index contributed by atoms with van der Waals surface area (Å²) in [6.07, 6.45) is 0.863. The fraction of sp³-hybridized carbons (Fsp3) is 0.417. The van der Waals surface area contributed by atoms with E-state index in [1.54, 1.807) is 30.7 Å². The largest absolute Gasteiger partial charge is 0.497 e. The Morgan fingerprint density at radius 1 is 1.13 bits per heavy atom. The number of ether oxygens (including phenoxy) is 1. The molecule has 2 aromatic carbocycles. The summed E-state index contributed by atoms with van der Waals surface area (Å²) in [6, 6.07) is 15.4. The standard InChI is InChI=1S/C24H32N2O3S/c1-5-13-25-24(28)19(3)26(15-21-8-6-7-18(2)14-21)23(27)17-30-16-20-9-11-22(29-4)12-10-20/h6-12,14,19H,5,13,15-17H2,1-4H3,(H,25,28)/t19-/m0/s1. The van der Waals surface area contributed by atoms with Gasteiger partial charge < -0.3 is 15.0 Å². The quantitative estimate of drug-likeness (QED) is 0.583. The van der Waals surface area contributed by atoms with E-state index >= 15 is 0 Å². The normalized spacial score (nSPS) is 11.6. The number of hydrogen-bond donors (Lipinski definition) is 1. The summed E-state index contributed by atoms with van der Waals surface area (Å²) in [6.45, 7) is 6.87. The van der Waals surface area contributed by atoms with Crippen LogP contribution in [0.4, 0.5) is 0 Å². The van der Waals surface area contributed by atoms with Gasteiger partial charge in [0.2, 0.25) is 11.8 Å². The molecule has 1 N–H and O–H groups in total. The SMILES string of the molecule is CCCNC(=O)[C@H](C)N(Cc1cccc(C)c1)C(=O)CSCc1ccc(OC)cc1. The van der Waals surface area contributed by atoms with Crippen LogP contribution in [-0.4, -0.2) is 42.2 Å². The highest BCUT2D eigenvalue weighted by Crippen LogP contribution is 2.18. The molecule has 0 fully saturated rings. The van der Waals surface area contributed by atoms with E-state index in [0.717, 1.165) is 34.6 Å². The number of hydrogen-bond acceptors (Lipinski definition) is 4. The zero-order valence-corrected chi connectivity index (χ0v) is 19.1. The molecule has 0 aliphatic rings. The zero-order chi connectivity index (χ0) is 21.9. The van der Waals surface area contributed by atoms with Gasteiger partial charge in [-0.15, -0.1) is 11.8 Å². The first-order valence-corrected chi connectivity index (χ1v) is 11.4. The van der Waals surface area contributed by atoms with Gasteiger partial charge in [-0.2, -0.15) is 0 Å². The first-order chi connectivity index (χ1) is 14.4. The Morgan fingerprint density at radius 3 is 2.50 bits per heavy atom. The molecule has 0 aliphatic heterocycles. The summed E-state index contributed by atoms with van der Waals surface area (Å²) in [5, 5.41) is 2.91. The minimum Gasteiger partial charge on any atom is -0.497 e. The van der Waals surface area contributed by atoms with Gasteiger partial charge in [0.15, 0.2) is 0 Å². The van der Waals surface area contributed by atoms with Crippen molar-refractivity contribution in [3.63, 3.8) is 0 Å². The minimum atomic E-state index is -0.522. The molecular formula is C24H32N2O3S. The summed E-state index contributed by atoms with van der Waals surface area (Å²) < 4.78 is 5.18. The van der Waals surface area contributed by atoms with Gasteiger partial charge in [-0.05, 0) is 43.5 Å². The highest BCUT2D eigenvalue weighted by atomic mass is 32.2. The molecule has 2 aromatic rings. The number of methoxy groups -OCH3 is 1. The molecule has 30 heavy (non-hydrogen) atoms. The number of carbonyl (C=O) groups excluding carboxylic acids is 2. The predicted molar refractivity (Wildman–Crippen MR) is 124 cm³/mol. The van der Waals surface area contributed by atoms with Crippen LogP contribution in [0.2, 0.25) is 0 Å². The van der Waals surface area contributed by atoms with Crippen molar-refractivity contribution >= 4 is 23.6 Å². The highest BCUT2D eigenvalue weighted by Gasteiger charge is 2.25. The van der Waals surface area contributed by atoms with Gasteiger partial charge in [0.25, 0.3) is 0 Å².